The Morgan fingerprint density at radius 3 is 2.55 bits per heavy atom. The lowest BCUT2D eigenvalue weighted by atomic mass is 10.2. The van der Waals surface area contributed by atoms with Crippen LogP contribution in [0.25, 0.3) is 0 Å². The molecule has 3 rings (SSSR count). The summed E-state index contributed by atoms with van der Waals surface area (Å²) in [5.74, 6) is -0.815. The maximum absolute atomic E-state index is 13.6. The van der Waals surface area contributed by atoms with Crippen molar-refractivity contribution in [2.24, 2.45) is 0 Å². The molecule has 0 aromatic heterocycles. The molecule has 2 unspecified atom stereocenters. The van der Waals surface area contributed by atoms with E-state index in [1.165, 1.54) is 16.4 Å². The zero-order valence-corrected chi connectivity index (χ0v) is 11.4. The second-order valence-electron chi connectivity index (χ2n) is 5.00. The van der Waals surface area contributed by atoms with Gasteiger partial charge in [0.1, 0.15) is 22.3 Å². The van der Waals surface area contributed by atoms with E-state index in [-0.39, 0.29) is 30.2 Å². The quantitative estimate of drug-likeness (QED) is 0.823. The molecule has 2 fully saturated rings. The van der Waals surface area contributed by atoms with Crippen LogP contribution in [0.4, 0.5) is 4.39 Å². The molecule has 0 amide bonds. The molecule has 0 saturated carbocycles. The summed E-state index contributed by atoms with van der Waals surface area (Å²) in [5.41, 5.74) is -0.425. The lowest BCUT2D eigenvalue weighted by Crippen LogP contribution is -2.45. The Morgan fingerprint density at radius 2 is 1.95 bits per heavy atom. The van der Waals surface area contributed by atoms with Crippen molar-refractivity contribution in [1.82, 2.24) is 4.31 Å². The molecule has 20 heavy (non-hydrogen) atoms. The van der Waals surface area contributed by atoms with Crippen molar-refractivity contribution in [2.45, 2.75) is 29.9 Å². The molecular weight excluding hydrogens is 283 g/mol. The fourth-order valence-corrected chi connectivity index (χ4v) is 4.40. The molecule has 2 atom stereocenters. The molecular formula is C13H13FN2O3S. The van der Waals surface area contributed by atoms with E-state index >= 15 is 0 Å². The van der Waals surface area contributed by atoms with Gasteiger partial charge in [-0.25, -0.2) is 12.8 Å². The third-order valence-corrected chi connectivity index (χ3v) is 5.59. The number of morpholine rings is 1. The fourth-order valence-electron chi connectivity index (χ4n) is 2.74. The van der Waals surface area contributed by atoms with E-state index in [9.17, 15) is 12.8 Å². The van der Waals surface area contributed by atoms with Crippen LogP contribution in [-0.2, 0) is 14.8 Å². The van der Waals surface area contributed by atoms with Crippen molar-refractivity contribution < 1.29 is 17.5 Å². The van der Waals surface area contributed by atoms with Crippen LogP contribution >= 0.6 is 0 Å². The first kappa shape index (κ1) is 13.5. The van der Waals surface area contributed by atoms with Crippen molar-refractivity contribution in [3.8, 4) is 6.07 Å². The maximum Gasteiger partial charge on any atom is 0.244 e. The number of halogens is 1. The number of benzene rings is 1. The normalized spacial score (nSPS) is 26.4. The van der Waals surface area contributed by atoms with Crippen LogP contribution in [0.2, 0.25) is 0 Å². The van der Waals surface area contributed by atoms with Gasteiger partial charge in [0.2, 0.25) is 10.0 Å². The molecule has 106 valence electrons. The van der Waals surface area contributed by atoms with Crippen LogP contribution in [0.15, 0.2) is 23.1 Å². The van der Waals surface area contributed by atoms with Gasteiger partial charge in [0.15, 0.2) is 0 Å². The van der Waals surface area contributed by atoms with Gasteiger partial charge < -0.3 is 4.74 Å². The van der Waals surface area contributed by atoms with Crippen LogP contribution < -0.4 is 0 Å². The van der Waals surface area contributed by atoms with E-state index in [1.807, 2.05) is 0 Å². The summed E-state index contributed by atoms with van der Waals surface area (Å²) in [6.45, 7) is 0.528. The van der Waals surface area contributed by atoms with E-state index in [2.05, 4.69) is 0 Å². The summed E-state index contributed by atoms with van der Waals surface area (Å²) >= 11 is 0. The molecule has 0 radical (unpaired) electrons. The molecule has 0 aliphatic carbocycles. The third-order valence-electron chi connectivity index (χ3n) is 3.72. The van der Waals surface area contributed by atoms with E-state index in [0.29, 0.717) is 0 Å². The minimum absolute atomic E-state index is 0.0948. The molecule has 2 aliphatic rings. The summed E-state index contributed by atoms with van der Waals surface area (Å²) in [7, 11) is -3.86. The topological polar surface area (TPSA) is 70.4 Å². The minimum atomic E-state index is -3.86. The molecule has 7 heteroatoms. The lowest BCUT2D eigenvalue weighted by Gasteiger charge is -2.31. The first-order valence-electron chi connectivity index (χ1n) is 6.36. The molecule has 5 nitrogen and oxygen atoms in total. The third kappa shape index (κ3) is 2.10. The summed E-state index contributed by atoms with van der Waals surface area (Å²) in [6.07, 6.45) is 1.49. The number of hydrogen-bond acceptors (Lipinski definition) is 4. The van der Waals surface area contributed by atoms with Gasteiger partial charge in [-0.1, -0.05) is 6.07 Å². The van der Waals surface area contributed by atoms with Crippen LogP contribution in [0.3, 0.4) is 0 Å². The molecule has 0 spiro atoms. The number of hydrogen-bond donors (Lipinski definition) is 0. The molecule has 2 bridgehead atoms. The van der Waals surface area contributed by atoms with Gasteiger partial charge in [0.25, 0.3) is 0 Å². The second-order valence-corrected chi connectivity index (χ2v) is 6.91. The minimum Gasteiger partial charge on any atom is -0.372 e. The van der Waals surface area contributed by atoms with Gasteiger partial charge >= 0.3 is 0 Å². The average molecular weight is 296 g/mol. The summed E-state index contributed by atoms with van der Waals surface area (Å²) < 4.78 is 45.7. The fraction of sp³-hybridized carbons (Fsp3) is 0.462. The number of ether oxygens (including phenoxy) is 1. The Morgan fingerprint density at radius 1 is 1.30 bits per heavy atom. The van der Waals surface area contributed by atoms with Crippen molar-refractivity contribution in [3.63, 3.8) is 0 Å². The van der Waals surface area contributed by atoms with Gasteiger partial charge in [-0.3, -0.25) is 0 Å². The van der Waals surface area contributed by atoms with Crippen LogP contribution in [-0.4, -0.2) is 38.0 Å². The van der Waals surface area contributed by atoms with E-state index in [1.54, 1.807) is 6.07 Å². The highest BCUT2D eigenvalue weighted by Crippen LogP contribution is 2.31. The van der Waals surface area contributed by atoms with Gasteiger partial charge in [0, 0.05) is 13.1 Å². The monoisotopic (exact) mass is 296 g/mol. The molecule has 2 heterocycles. The summed E-state index contributed by atoms with van der Waals surface area (Å²) in [4.78, 5) is -0.263. The number of fused-ring (bicyclic) bond motifs is 2. The van der Waals surface area contributed by atoms with Crippen LogP contribution in [0, 0.1) is 17.1 Å². The standard InChI is InChI=1S/C13H13FN2O3S/c14-12-2-1-3-13(11(12)6-15)20(17,18)16-7-9-4-5-10(8-16)19-9/h1-3,9-10H,4-5,7-8H2. The Kier molecular flexibility index (Phi) is 3.24. The van der Waals surface area contributed by atoms with E-state index in [0.717, 1.165) is 18.9 Å². The number of rotatable bonds is 2. The lowest BCUT2D eigenvalue weighted by molar-refractivity contribution is -0.0114. The Hall–Kier alpha value is -1.49. The first-order chi connectivity index (χ1) is 9.52. The number of sulfonamides is 1. The highest BCUT2D eigenvalue weighted by Gasteiger charge is 2.40. The van der Waals surface area contributed by atoms with Gasteiger partial charge in [-0.05, 0) is 25.0 Å². The summed E-state index contributed by atoms with van der Waals surface area (Å²) in [6, 6.07) is 5.29. The highest BCUT2D eigenvalue weighted by molar-refractivity contribution is 7.89. The van der Waals surface area contributed by atoms with Crippen molar-refractivity contribution in [2.75, 3.05) is 13.1 Å². The predicted octanol–water partition coefficient (Wildman–Crippen LogP) is 1.25. The number of nitrogens with zero attached hydrogens (tertiary/aromatic N) is 2. The molecule has 1 aromatic rings. The van der Waals surface area contributed by atoms with Gasteiger partial charge in [-0.15, -0.1) is 0 Å². The molecule has 2 aliphatic heterocycles. The van der Waals surface area contributed by atoms with Crippen molar-refractivity contribution >= 4 is 10.0 Å². The number of nitriles is 1. The maximum atomic E-state index is 13.6. The van der Waals surface area contributed by atoms with E-state index in [4.69, 9.17) is 10.00 Å². The van der Waals surface area contributed by atoms with Crippen molar-refractivity contribution in [3.05, 3.63) is 29.6 Å². The predicted molar refractivity (Wildman–Crippen MR) is 67.8 cm³/mol. The molecule has 0 N–H and O–H groups in total. The highest BCUT2D eigenvalue weighted by atomic mass is 32.2. The summed E-state index contributed by atoms with van der Waals surface area (Å²) in [5, 5.41) is 8.98. The Bertz CT molecular complexity index is 671. The SMILES string of the molecule is N#Cc1c(F)cccc1S(=O)(=O)N1CC2CCC(C1)O2. The van der Waals surface area contributed by atoms with Crippen LogP contribution in [0.1, 0.15) is 18.4 Å². The average Bonchev–Trinajstić information content (AvgIpc) is 2.77. The molecule has 2 saturated heterocycles. The molecule has 1 aromatic carbocycles. The Balaban J connectivity index is 2.01. The van der Waals surface area contributed by atoms with E-state index < -0.39 is 21.4 Å². The van der Waals surface area contributed by atoms with Crippen LogP contribution in [0.5, 0.6) is 0 Å². The smallest absolute Gasteiger partial charge is 0.244 e. The first-order valence-corrected chi connectivity index (χ1v) is 7.80. The zero-order valence-electron chi connectivity index (χ0n) is 10.6. The zero-order chi connectivity index (χ0) is 14.3. The second kappa shape index (κ2) is 4.81. The van der Waals surface area contributed by atoms with Gasteiger partial charge in [-0.2, -0.15) is 9.57 Å². The Labute approximate surface area is 116 Å². The van der Waals surface area contributed by atoms with Gasteiger partial charge in [0.05, 0.1) is 12.2 Å². The van der Waals surface area contributed by atoms with Crippen molar-refractivity contribution in [1.29, 1.82) is 5.26 Å². The largest absolute Gasteiger partial charge is 0.372 e.